The summed E-state index contributed by atoms with van der Waals surface area (Å²) < 4.78 is 0. The van der Waals surface area contributed by atoms with Crippen LogP contribution in [0.2, 0.25) is 0 Å². The highest BCUT2D eigenvalue weighted by Crippen LogP contribution is 2.36. The number of rotatable bonds is 3. The van der Waals surface area contributed by atoms with Crippen molar-refractivity contribution in [3.8, 4) is 11.3 Å². The van der Waals surface area contributed by atoms with Crippen molar-refractivity contribution in [3.63, 3.8) is 0 Å². The smallest absolute Gasteiger partial charge is 0.219 e. The molecule has 1 aliphatic rings. The summed E-state index contributed by atoms with van der Waals surface area (Å²) in [7, 11) is 0. The molecule has 0 atom stereocenters. The molecule has 2 aromatic rings. The Kier molecular flexibility index (Phi) is 4.31. The van der Waals surface area contributed by atoms with E-state index in [9.17, 15) is 9.59 Å². The van der Waals surface area contributed by atoms with Gasteiger partial charge in [-0.15, -0.1) is 0 Å². The van der Waals surface area contributed by atoms with E-state index in [1.807, 2.05) is 24.8 Å². The number of aryl methyl sites for hydroxylation is 1. The number of aromatic nitrogens is 1. The van der Waals surface area contributed by atoms with Gasteiger partial charge in [-0.1, -0.05) is 32.9 Å². The van der Waals surface area contributed by atoms with Crippen LogP contribution in [0.1, 0.15) is 61.3 Å². The molecule has 4 nitrogen and oxygen atoms in total. The van der Waals surface area contributed by atoms with E-state index in [0.29, 0.717) is 13.0 Å². The maximum atomic E-state index is 12.1. The van der Waals surface area contributed by atoms with Gasteiger partial charge in [-0.2, -0.15) is 0 Å². The molecule has 132 valence electrons. The summed E-state index contributed by atoms with van der Waals surface area (Å²) in [4.78, 5) is 29.1. The number of fused-ring (bicyclic) bond motifs is 1. The zero-order valence-electron chi connectivity index (χ0n) is 15.7. The first kappa shape index (κ1) is 17.5. The highest BCUT2D eigenvalue weighted by Gasteiger charge is 2.33. The number of hydrogen-bond donors (Lipinski definition) is 1. The van der Waals surface area contributed by atoms with Gasteiger partial charge in [-0.3, -0.25) is 9.59 Å². The lowest BCUT2D eigenvalue weighted by Gasteiger charge is -2.39. The van der Waals surface area contributed by atoms with Crippen molar-refractivity contribution in [2.75, 3.05) is 6.54 Å². The van der Waals surface area contributed by atoms with Crippen LogP contribution in [0.5, 0.6) is 0 Å². The minimum Gasteiger partial charge on any atom is -0.358 e. The molecule has 2 heterocycles. The van der Waals surface area contributed by atoms with Crippen LogP contribution >= 0.6 is 0 Å². The number of nitrogens with one attached hydrogen (secondary N) is 1. The summed E-state index contributed by atoms with van der Waals surface area (Å²) >= 11 is 0. The van der Waals surface area contributed by atoms with Crippen LogP contribution in [-0.2, 0) is 16.8 Å². The number of ketones is 1. The summed E-state index contributed by atoms with van der Waals surface area (Å²) in [5, 5.41) is 0. The molecule has 1 amide bonds. The van der Waals surface area contributed by atoms with Gasteiger partial charge in [0, 0.05) is 48.8 Å². The quantitative estimate of drug-likeness (QED) is 0.852. The fraction of sp³-hybridized carbons (Fsp3) is 0.429. The lowest BCUT2D eigenvalue weighted by molar-refractivity contribution is -0.130. The Bertz CT molecular complexity index is 846. The molecule has 4 heteroatoms. The van der Waals surface area contributed by atoms with E-state index in [2.05, 4.69) is 37.0 Å². The Morgan fingerprint density at radius 2 is 1.96 bits per heavy atom. The van der Waals surface area contributed by atoms with Crippen LogP contribution in [0.3, 0.4) is 0 Å². The lowest BCUT2D eigenvalue weighted by atomic mass is 9.77. The molecule has 0 saturated carbocycles. The third-order valence-corrected chi connectivity index (χ3v) is 5.18. The van der Waals surface area contributed by atoms with Gasteiger partial charge in [-0.25, -0.2) is 0 Å². The van der Waals surface area contributed by atoms with E-state index in [1.165, 1.54) is 11.1 Å². The SMILES string of the molecule is CCC(=O)c1cc(-c2ccc3c(c2)C(C)(C)CN(C(C)=O)C3)[nH]c1C. The number of amides is 1. The molecule has 1 N–H and O–H groups in total. The van der Waals surface area contributed by atoms with Crippen molar-refractivity contribution in [1.29, 1.82) is 0 Å². The lowest BCUT2D eigenvalue weighted by Crippen LogP contribution is -2.44. The maximum absolute atomic E-state index is 12.1. The third-order valence-electron chi connectivity index (χ3n) is 5.18. The summed E-state index contributed by atoms with van der Waals surface area (Å²) in [5.41, 5.74) is 6.13. The predicted octanol–water partition coefficient (Wildman–Crippen LogP) is 4.22. The zero-order chi connectivity index (χ0) is 18.4. The van der Waals surface area contributed by atoms with Crippen molar-refractivity contribution in [3.05, 3.63) is 46.6 Å². The number of hydrogen-bond acceptors (Lipinski definition) is 2. The van der Waals surface area contributed by atoms with Crippen molar-refractivity contribution in [2.45, 2.75) is 53.0 Å². The number of H-pyrrole nitrogens is 1. The standard InChI is InChI=1S/C21H26N2O2/c1-6-20(25)17-10-19(22-13(17)2)15-7-8-16-11-23(14(3)24)12-21(4,5)18(16)9-15/h7-10,22H,6,11-12H2,1-5H3. The Hall–Kier alpha value is -2.36. The number of aromatic amines is 1. The van der Waals surface area contributed by atoms with Gasteiger partial charge < -0.3 is 9.88 Å². The molecule has 0 bridgehead atoms. The van der Waals surface area contributed by atoms with Crippen molar-refractivity contribution < 1.29 is 9.59 Å². The zero-order valence-corrected chi connectivity index (χ0v) is 15.7. The minimum absolute atomic E-state index is 0.0982. The second kappa shape index (κ2) is 6.17. The van der Waals surface area contributed by atoms with Crippen molar-refractivity contribution in [1.82, 2.24) is 9.88 Å². The van der Waals surface area contributed by atoms with E-state index >= 15 is 0 Å². The first-order valence-corrected chi connectivity index (χ1v) is 8.85. The van der Waals surface area contributed by atoms with Gasteiger partial charge in [0.15, 0.2) is 5.78 Å². The van der Waals surface area contributed by atoms with Gasteiger partial charge in [0.2, 0.25) is 5.91 Å². The number of benzene rings is 1. The molecular formula is C21H26N2O2. The molecule has 25 heavy (non-hydrogen) atoms. The summed E-state index contributed by atoms with van der Waals surface area (Å²) in [6.45, 7) is 11.2. The predicted molar refractivity (Wildman–Crippen MR) is 99.7 cm³/mol. The molecule has 0 unspecified atom stereocenters. The third kappa shape index (κ3) is 3.13. The molecule has 0 aliphatic carbocycles. The van der Waals surface area contributed by atoms with E-state index < -0.39 is 0 Å². The van der Waals surface area contributed by atoms with Crippen molar-refractivity contribution in [2.24, 2.45) is 0 Å². The van der Waals surface area contributed by atoms with Gasteiger partial charge in [0.25, 0.3) is 0 Å². The van der Waals surface area contributed by atoms with Gasteiger partial charge in [0.1, 0.15) is 0 Å². The van der Waals surface area contributed by atoms with E-state index in [0.717, 1.165) is 29.1 Å². The molecule has 1 aromatic carbocycles. The Morgan fingerprint density at radius 1 is 1.24 bits per heavy atom. The number of nitrogens with zero attached hydrogens (tertiary/aromatic N) is 1. The normalized spacial score (nSPS) is 15.8. The first-order chi connectivity index (χ1) is 11.7. The monoisotopic (exact) mass is 338 g/mol. The summed E-state index contributed by atoms with van der Waals surface area (Å²) in [5.74, 6) is 0.279. The van der Waals surface area contributed by atoms with Crippen LogP contribution in [-0.4, -0.2) is 28.1 Å². The van der Waals surface area contributed by atoms with Gasteiger partial charge in [0.05, 0.1) is 0 Å². The topological polar surface area (TPSA) is 53.2 Å². The van der Waals surface area contributed by atoms with Crippen LogP contribution in [0.25, 0.3) is 11.3 Å². The first-order valence-electron chi connectivity index (χ1n) is 8.85. The Labute approximate surface area is 149 Å². The fourth-order valence-corrected chi connectivity index (χ4v) is 3.75. The molecule has 1 aliphatic heterocycles. The Morgan fingerprint density at radius 3 is 2.60 bits per heavy atom. The molecule has 1 aromatic heterocycles. The average Bonchev–Trinajstić information content (AvgIpc) is 2.95. The maximum Gasteiger partial charge on any atom is 0.219 e. The summed E-state index contributed by atoms with van der Waals surface area (Å²) in [6.07, 6.45) is 0.510. The molecule has 0 fully saturated rings. The molecule has 0 radical (unpaired) electrons. The number of carbonyl (C=O) groups is 2. The average molecular weight is 338 g/mol. The van der Waals surface area contributed by atoms with Crippen LogP contribution in [0.4, 0.5) is 0 Å². The minimum atomic E-state index is -0.0982. The van der Waals surface area contributed by atoms with E-state index in [1.54, 1.807) is 6.92 Å². The van der Waals surface area contributed by atoms with E-state index in [4.69, 9.17) is 0 Å². The van der Waals surface area contributed by atoms with E-state index in [-0.39, 0.29) is 17.1 Å². The number of Topliss-reactive ketones (excluding diaryl/α,β-unsaturated/α-hetero) is 1. The van der Waals surface area contributed by atoms with Crippen LogP contribution in [0.15, 0.2) is 24.3 Å². The largest absolute Gasteiger partial charge is 0.358 e. The van der Waals surface area contributed by atoms with Gasteiger partial charge >= 0.3 is 0 Å². The van der Waals surface area contributed by atoms with Gasteiger partial charge in [-0.05, 0) is 35.7 Å². The van der Waals surface area contributed by atoms with Crippen molar-refractivity contribution >= 4 is 11.7 Å². The van der Waals surface area contributed by atoms with Crippen LogP contribution < -0.4 is 0 Å². The highest BCUT2D eigenvalue weighted by atomic mass is 16.2. The Balaban J connectivity index is 2.02. The second-order valence-electron chi connectivity index (χ2n) is 7.63. The molecule has 0 spiro atoms. The molecule has 3 rings (SSSR count). The van der Waals surface area contributed by atoms with Crippen LogP contribution in [0, 0.1) is 6.92 Å². The summed E-state index contributed by atoms with van der Waals surface area (Å²) in [6, 6.07) is 8.35. The highest BCUT2D eigenvalue weighted by molar-refractivity contribution is 5.98. The molecular weight excluding hydrogens is 312 g/mol. The second-order valence-corrected chi connectivity index (χ2v) is 7.63. The fourth-order valence-electron chi connectivity index (χ4n) is 3.75. The molecule has 0 saturated heterocycles. The number of carbonyl (C=O) groups excluding carboxylic acids is 2.